The van der Waals surface area contributed by atoms with E-state index < -0.39 is 5.97 Å². The summed E-state index contributed by atoms with van der Waals surface area (Å²) in [5, 5.41) is 5.66. The van der Waals surface area contributed by atoms with Gasteiger partial charge in [0.15, 0.2) is 0 Å². The number of para-hydroxylation sites is 1. The van der Waals surface area contributed by atoms with Crippen molar-refractivity contribution in [3.63, 3.8) is 0 Å². The summed E-state index contributed by atoms with van der Waals surface area (Å²) in [6.45, 7) is 1.51. The van der Waals surface area contributed by atoms with Crippen LogP contribution < -0.4 is 15.4 Å². The van der Waals surface area contributed by atoms with E-state index in [1.807, 2.05) is 42.5 Å². The van der Waals surface area contributed by atoms with E-state index in [0.717, 1.165) is 15.6 Å². The Morgan fingerprint density at radius 3 is 2.47 bits per heavy atom. The molecule has 2 N–H and O–H groups in total. The first-order chi connectivity index (χ1) is 15.4. The number of ether oxygens (including phenoxy) is 1. The highest BCUT2D eigenvalue weighted by Gasteiger charge is 2.10. The molecule has 0 unspecified atom stereocenters. The molecule has 0 bridgehead atoms. The predicted octanol–water partition coefficient (Wildman–Crippen LogP) is 4.96. The molecule has 3 aromatic carbocycles. The van der Waals surface area contributed by atoms with Crippen molar-refractivity contribution in [3.05, 3.63) is 100 Å². The summed E-state index contributed by atoms with van der Waals surface area (Å²) in [5.74, 6) is -0.757. The maximum Gasteiger partial charge on any atom is 0.308 e. The molecule has 162 valence electrons. The van der Waals surface area contributed by atoms with Gasteiger partial charge in [-0.3, -0.25) is 14.4 Å². The molecular weight excluding hydrogens is 472 g/mol. The highest BCUT2D eigenvalue weighted by atomic mass is 79.9. The van der Waals surface area contributed by atoms with E-state index in [0.29, 0.717) is 17.0 Å². The number of esters is 1. The second kappa shape index (κ2) is 11.1. The molecule has 3 aromatic rings. The van der Waals surface area contributed by atoms with Crippen LogP contribution in [0.1, 0.15) is 28.4 Å². The Morgan fingerprint density at radius 1 is 0.969 bits per heavy atom. The fraction of sp³-hybridized carbons (Fsp3) is 0.0800. The number of carbonyl (C=O) groups is 3. The van der Waals surface area contributed by atoms with Gasteiger partial charge in [-0.2, -0.15) is 0 Å². The van der Waals surface area contributed by atoms with Crippen LogP contribution in [0.4, 0.5) is 5.69 Å². The van der Waals surface area contributed by atoms with Crippen molar-refractivity contribution in [1.29, 1.82) is 0 Å². The van der Waals surface area contributed by atoms with Crippen molar-refractivity contribution in [2.75, 3.05) is 5.32 Å². The molecule has 0 saturated heterocycles. The van der Waals surface area contributed by atoms with Crippen molar-refractivity contribution in [2.24, 2.45) is 0 Å². The molecule has 0 fully saturated rings. The molecule has 0 radical (unpaired) electrons. The number of amides is 2. The third-order valence-corrected chi connectivity index (χ3v) is 4.90. The van der Waals surface area contributed by atoms with Gasteiger partial charge in [-0.1, -0.05) is 52.3 Å². The Labute approximate surface area is 194 Å². The molecule has 0 spiro atoms. The van der Waals surface area contributed by atoms with Crippen LogP contribution in [0.5, 0.6) is 5.75 Å². The topological polar surface area (TPSA) is 84.5 Å². The second-order valence-corrected chi connectivity index (χ2v) is 7.75. The lowest BCUT2D eigenvalue weighted by Gasteiger charge is -2.11. The standard InChI is InChI=1S/C25H21BrN2O4/c1-17(29)32-22-7-4-6-19(15-22)25(31)27-16-20-5-2-3-8-23(20)28-24(30)14-11-18-9-12-21(26)13-10-18/h2-15H,16H2,1H3,(H,27,31)(H,28,30)/b14-11+. The fourth-order valence-corrected chi connectivity index (χ4v) is 3.13. The lowest BCUT2D eigenvalue weighted by atomic mass is 10.1. The average Bonchev–Trinajstić information content (AvgIpc) is 2.77. The van der Waals surface area contributed by atoms with E-state index in [1.165, 1.54) is 19.1 Å². The molecule has 0 aliphatic rings. The zero-order chi connectivity index (χ0) is 22.9. The van der Waals surface area contributed by atoms with Crippen molar-refractivity contribution in [2.45, 2.75) is 13.5 Å². The summed E-state index contributed by atoms with van der Waals surface area (Å²) in [7, 11) is 0. The van der Waals surface area contributed by atoms with E-state index in [9.17, 15) is 14.4 Å². The molecule has 0 saturated carbocycles. The fourth-order valence-electron chi connectivity index (χ4n) is 2.86. The molecule has 7 heteroatoms. The third kappa shape index (κ3) is 6.92. The minimum absolute atomic E-state index is 0.212. The first-order valence-electron chi connectivity index (χ1n) is 9.80. The van der Waals surface area contributed by atoms with Crippen LogP contribution in [0.15, 0.2) is 83.3 Å². The first kappa shape index (κ1) is 23.0. The van der Waals surface area contributed by atoms with E-state index in [1.54, 1.807) is 30.3 Å². The van der Waals surface area contributed by atoms with E-state index in [4.69, 9.17) is 4.74 Å². The molecule has 6 nitrogen and oxygen atoms in total. The Morgan fingerprint density at radius 2 is 1.72 bits per heavy atom. The summed E-state index contributed by atoms with van der Waals surface area (Å²) < 4.78 is 5.98. The largest absolute Gasteiger partial charge is 0.427 e. The smallest absolute Gasteiger partial charge is 0.308 e. The van der Waals surface area contributed by atoms with Gasteiger partial charge in [-0.15, -0.1) is 0 Å². The summed E-state index contributed by atoms with van der Waals surface area (Å²) in [6, 6.07) is 21.2. The Kier molecular flexibility index (Phi) is 7.94. The van der Waals surface area contributed by atoms with Gasteiger partial charge in [-0.25, -0.2) is 0 Å². The Hall–Kier alpha value is -3.71. The Balaban J connectivity index is 1.62. The van der Waals surface area contributed by atoms with E-state index in [2.05, 4.69) is 26.6 Å². The second-order valence-electron chi connectivity index (χ2n) is 6.84. The highest BCUT2D eigenvalue weighted by molar-refractivity contribution is 9.10. The van der Waals surface area contributed by atoms with Gasteiger partial charge in [0.05, 0.1) is 0 Å². The van der Waals surface area contributed by atoms with Crippen molar-refractivity contribution in [3.8, 4) is 5.75 Å². The molecule has 0 aliphatic heterocycles. The number of nitrogens with one attached hydrogen (secondary N) is 2. The van der Waals surface area contributed by atoms with Gasteiger partial charge in [0.1, 0.15) is 5.75 Å². The van der Waals surface area contributed by atoms with Crippen LogP contribution >= 0.6 is 15.9 Å². The molecule has 0 aromatic heterocycles. The molecule has 0 atom stereocenters. The SMILES string of the molecule is CC(=O)Oc1cccc(C(=O)NCc2ccccc2NC(=O)/C=C/c2ccc(Br)cc2)c1. The van der Waals surface area contributed by atoms with Crippen LogP contribution in [-0.2, 0) is 16.1 Å². The highest BCUT2D eigenvalue weighted by Crippen LogP contribution is 2.17. The molecule has 0 aliphatic carbocycles. The minimum Gasteiger partial charge on any atom is -0.427 e. The molecule has 3 rings (SSSR count). The zero-order valence-electron chi connectivity index (χ0n) is 17.3. The van der Waals surface area contributed by atoms with Gasteiger partial charge in [-0.05, 0) is 53.6 Å². The van der Waals surface area contributed by atoms with Gasteiger partial charge in [0, 0.05) is 35.3 Å². The molecule has 2 amide bonds. The van der Waals surface area contributed by atoms with Gasteiger partial charge < -0.3 is 15.4 Å². The normalized spacial score (nSPS) is 10.6. The maximum absolute atomic E-state index is 12.5. The lowest BCUT2D eigenvalue weighted by Crippen LogP contribution is -2.23. The van der Waals surface area contributed by atoms with Crippen LogP contribution in [0.2, 0.25) is 0 Å². The number of hydrogen-bond acceptors (Lipinski definition) is 4. The monoisotopic (exact) mass is 492 g/mol. The number of rotatable bonds is 7. The molecule has 0 heterocycles. The predicted molar refractivity (Wildman–Crippen MR) is 127 cm³/mol. The summed E-state index contributed by atoms with van der Waals surface area (Å²) in [5.41, 5.74) is 2.62. The van der Waals surface area contributed by atoms with Gasteiger partial charge >= 0.3 is 5.97 Å². The number of halogens is 1. The number of benzene rings is 3. The van der Waals surface area contributed by atoms with E-state index in [-0.39, 0.29) is 18.4 Å². The average molecular weight is 493 g/mol. The minimum atomic E-state index is -0.457. The Bertz CT molecular complexity index is 1160. The van der Waals surface area contributed by atoms with Crippen molar-refractivity contribution >= 4 is 45.5 Å². The summed E-state index contributed by atoms with van der Waals surface area (Å²) in [4.78, 5) is 36.0. The van der Waals surface area contributed by atoms with Crippen LogP contribution in [0.3, 0.4) is 0 Å². The molecular formula is C25H21BrN2O4. The van der Waals surface area contributed by atoms with Gasteiger partial charge in [0.2, 0.25) is 5.91 Å². The summed E-state index contributed by atoms with van der Waals surface area (Å²) >= 11 is 3.38. The van der Waals surface area contributed by atoms with Crippen LogP contribution in [0, 0.1) is 0 Å². The summed E-state index contributed by atoms with van der Waals surface area (Å²) in [6.07, 6.45) is 3.18. The van der Waals surface area contributed by atoms with Crippen molar-refractivity contribution < 1.29 is 19.1 Å². The van der Waals surface area contributed by atoms with Crippen LogP contribution in [-0.4, -0.2) is 17.8 Å². The van der Waals surface area contributed by atoms with E-state index >= 15 is 0 Å². The zero-order valence-corrected chi connectivity index (χ0v) is 18.9. The maximum atomic E-state index is 12.5. The molecule has 32 heavy (non-hydrogen) atoms. The number of carbonyl (C=O) groups excluding carboxylic acids is 3. The third-order valence-electron chi connectivity index (χ3n) is 4.37. The quantitative estimate of drug-likeness (QED) is 0.277. The number of anilines is 1. The number of hydrogen-bond donors (Lipinski definition) is 2. The van der Waals surface area contributed by atoms with Crippen molar-refractivity contribution in [1.82, 2.24) is 5.32 Å². The van der Waals surface area contributed by atoms with Gasteiger partial charge in [0.25, 0.3) is 5.91 Å². The van der Waals surface area contributed by atoms with Crippen LogP contribution in [0.25, 0.3) is 6.08 Å². The first-order valence-corrected chi connectivity index (χ1v) is 10.6. The lowest BCUT2D eigenvalue weighted by molar-refractivity contribution is -0.131.